The van der Waals surface area contributed by atoms with Crippen molar-refractivity contribution in [3.63, 3.8) is 0 Å². The molecule has 2 rings (SSSR count). The van der Waals surface area contributed by atoms with E-state index >= 15 is 0 Å². The molecule has 0 spiro atoms. The Labute approximate surface area is 121 Å². The molecule has 1 aliphatic heterocycles. The van der Waals surface area contributed by atoms with Crippen LogP contribution in [0.15, 0.2) is 0 Å². The Kier molecular flexibility index (Phi) is 5.40. The van der Waals surface area contributed by atoms with Gasteiger partial charge in [-0.3, -0.25) is 9.59 Å². The number of ether oxygens (including phenoxy) is 1. The first kappa shape index (κ1) is 15.3. The van der Waals surface area contributed by atoms with Crippen LogP contribution in [0.3, 0.4) is 0 Å². The number of hydrogen-bond donors (Lipinski definition) is 1. The molecule has 2 amide bonds. The lowest BCUT2D eigenvalue weighted by molar-refractivity contribution is -0.134. The molecule has 0 bridgehead atoms. The van der Waals surface area contributed by atoms with E-state index in [1.54, 1.807) is 4.90 Å². The van der Waals surface area contributed by atoms with E-state index in [4.69, 9.17) is 4.74 Å². The van der Waals surface area contributed by atoms with Crippen molar-refractivity contribution in [1.29, 1.82) is 0 Å². The van der Waals surface area contributed by atoms with Gasteiger partial charge in [-0.25, -0.2) is 0 Å². The molecule has 1 saturated heterocycles. The van der Waals surface area contributed by atoms with Crippen molar-refractivity contribution < 1.29 is 14.3 Å². The predicted molar refractivity (Wildman–Crippen MR) is 76.1 cm³/mol. The fraction of sp³-hybridized carbons (Fsp3) is 0.867. The van der Waals surface area contributed by atoms with Crippen molar-refractivity contribution >= 4 is 11.8 Å². The van der Waals surface area contributed by atoms with Gasteiger partial charge < -0.3 is 15.0 Å². The van der Waals surface area contributed by atoms with E-state index in [9.17, 15) is 9.59 Å². The normalized spacial score (nSPS) is 23.9. The van der Waals surface area contributed by atoms with Gasteiger partial charge in [0.2, 0.25) is 11.8 Å². The number of nitrogens with zero attached hydrogens (tertiary/aromatic N) is 1. The maximum Gasteiger partial charge on any atom is 0.245 e. The van der Waals surface area contributed by atoms with Gasteiger partial charge in [0, 0.05) is 26.1 Å². The number of rotatable bonds is 7. The molecule has 2 aliphatic rings. The fourth-order valence-electron chi connectivity index (χ4n) is 2.42. The van der Waals surface area contributed by atoms with Gasteiger partial charge in [0.25, 0.3) is 0 Å². The Bertz CT molecular complexity index is 353. The van der Waals surface area contributed by atoms with Gasteiger partial charge in [-0.15, -0.1) is 0 Å². The molecule has 5 nitrogen and oxygen atoms in total. The van der Waals surface area contributed by atoms with Crippen LogP contribution in [-0.4, -0.2) is 49.1 Å². The third kappa shape index (κ3) is 4.47. The molecule has 0 aromatic carbocycles. The first-order chi connectivity index (χ1) is 9.58. The smallest absolute Gasteiger partial charge is 0.245 e. The van der Waals surface area contributed by atoms with Gasteiger partial charge >= 0.3 is 0 Å². The Morgan fingerprint density at radius 1 is 1.30 bits per heavy atom. The molecule has 5 heteroatoms. The summed E-state index contributed by atoms with van der Waals surface area (Å²) in [5.74, 6) is 1.06. The van der Waals surface area contributed by atoms with Crippen molar-refractivity contribution in [3.05, 3.63) is 0 Å². The number of carbonyl (C=O) groups is 2. The van der Waals surface area contributed by atoms with E-state index in [0.29, 0.717) is 38.0 Å². The van der Waals surface area contributed by atoms with E-state index < -0.39 is 0 Å². The maximum absolute atomic E-state index is 12.4. The molecule has 1 aliphatic carbocycles. The molecule has 1 atom stereocenters. The molecular formula is C15H26N2O3. The molecule has 0 aromatic heterocycles. The highest BCUT2D eigenvalue weighted by atomic mass is 16.5. The third-order valence-electron chi connectivity index (χ3n) is 3.94. The second-order valence-corrected chi connectivity index (χ2v) is 6.25. The van der Waals surface area contributed by atoms with Crippen molar-refractivity contribution in [2.45, 2.75) is 45.6 Å². The summed E-state index contributed by atoms with van der Waals surface area (Å²) < 4.78 is 5.58. The van der Waals surface area contributed by atoms with E-state index in [1.165, 1.54) is 0 Å². The number of carbonyl (C=O) groups excluding carboxylic acids is 2. The summed E-state index contributed by atoms with van der Waals surface area (Å²) in [6, 6.07) is -0.291. The van der Waals surface area contributed by atoms with Crippen molar-refractivity contribution in [1.82, 2.24) is 10.2 Å². The Hall–Kier alpha value is -1.10. The first-order valence-corrected chi connectivity index (χ1v) is 7.74. The molecule has 1 heterocycles. The lowest BCUT2D eigenvalue weighted by atomic mass is 10.1. The molecule has 1 unspecified atom stereocenters. The standard InChI is InChI=1S/C15H26N2O3/c1-11(2)6-9-20-10-8-17-7-5-13(18)16-14(15(17)19)12-3-4-12/h11-12,14H,3-10H2,1-2H3,(H,16,18). The van der Waals surface area contributed by atoms with Crippen molar-refractivity contribution in [2.75, 3.05) is 26.3 Å². The highest BCUT2D eigenvalue weighted by Crippen LogP contribution is 2.34. The minimum absolute atomic E-state index is 0.00141. The van der Waals surface area contributed by atoms with Crippen LogP contribution in [0.5, 0.6) is 0 Å². The zero-order valence-corrected chi connectivity index (χ0v) is 12.6. The molecule has 114 valence electrons. The minimum atomic E-state index is -0.291. The summed E-state index contributed by atoms with van der Waals surface area (Å²) in [4.78, 5) is 25.8. The maximum atomic E-state index is 12.4. The molecule has 0 aromatic rings. The molecule has 1 saturated carbocycles. The largest absolute Gasteiger partial charge is 0.380 e. The molecule has 0 radical (unpaired) electrons. The van der Waals surface area contributed by atoms with Crippen LogP contribution in [-0.2, 0) is 14.3 Å². The zero-order valence-electron chi connectivity index (χ0n) is 12.6. The van der Waals surface area contributed by atoms with Crippen LogP contribution in [0.25, 0.3) is 0 Å². The van der Waals surface area contributed by atoms with Crippen LogP contribution in [0.2, 0.25) is 0 Å². The quantitative estimate of drug-likeness (QED) is 0.713. The summed E-state index contributed by atoms with van der Waals surface area (Å²) in [5.41, 5.74) is 0. The topological polar surface area (TPSA) is 58.6 Å². The van der Waals surface area contributed by atoms with Crippen LogP contribution >= 0.6 is 0 Å². The Morgan fingerprint density at radius 3 is 2.70 bits per heavy atom. The van der Waals surface area contributed by atoms with Gasteiger partial charge in [0.1, 0.15) is 6.04 Å². The van der Waals surface area contributed by atoms with E-state index in [1.807, 2.05) is 0 Å². The molecule has 1 N–H and O–H groups in total. The Balaban J connectivity index is 1.77. The van der Waals surface area contributed by atoms with Gasteiger partial charge in [-0.2, -0.15) is 0 Å². The van der Waals surface area contributed by atoms with Gasteiger partial charge in [-0.05, 0) is 31.1 Å². The molecular weight excluding hydrogens is 256 g/mol. The fourth-order valence-corrected chi connectivity index (χ4v) is 2.42. The highest BCUT2D eigenvalue weighted by molar-refractivity contribution is 5.90. The number of hydrogen-bond acceptors (Lipinski definition) is 3. The summed E-state index contributed by atoms with van der Waals surface area (Å²) in [5, 5.41) is 2.87. The second-order valence-electron chi connectivity index (χ2n) is 6.25. The lowest BCUT2D eigenvalue weighted by Gasteiger charge is -2.24. The average molecular weight is 282 g/mol. The van der Waals surface area contributed by atoms with Crippen molar-refractivity contribution in [3.8, 4) is 0 Å². The zero-order chi connectivity index (χ0) is 14.5. The first-order valence-electron chi connectivity index (χ1n) is 7.74. The van der Waals surface area contributed by atoms with Gasteiger partial charge in [0.15, 0.2) is 0 Å². The number of nitrogens with one attached hydrogen (secondary N) is 1. The SMILES string of the molecule is CC(C)CCOCCN1CCC(=O)NC(C2CC2)C1=O. The minimum Gasteiger partial charge on any atom is -0.380 e. The summed E-state index contributed by atoms with van der Waals surface area (Å²) in [7, 11) is 0. The second kappa shape index (κ2) is 7.07. The van der Waals surface area contributed by atoms with E-state index in [0.717, 1.165) is 25.9 Å². The van der Waals surface area contributed by atoms with E-state index in [2.05, 4.69) is 19.2 Å². The Morgan fingerprint density at radius 2 is 2.05 bits per heavy atom. The van der Waals surface area contributed by atoms with E-state index in [-0.39, 0.29) is 17.9 Å². The molecule has 2 fully saturated rings. The van der Waals surface area contributed by atoms with Gasteiger partial charge in [0.05, 0.1) is 6.61 Å². The predicted octanol–water partition coefficient (Wildman–Crippen LogP) is 1.18. The van der Waals surface area contributed by atoms with Crippen LogP contribution in [0.4, 0.5) is 0 Å². The van der Waals surface area contributed by atoms with Crippen molar-refractivity contribution in [2.24, 2.45) is 11.8 Å². The monoisotopic (exact) mass is 282 g/mol. The highest BCUT2D eigenvalue weighted by Gasteiger charge is 2.40. The molecule has 20 heavy (non-hydrogen) atoms. The number of amides is 2. The van der Waals surface area contributed by atoms with Crippen LogP contribution in [0.1, 0.15) is 39.5 Å². The van der Waals surface area contributed by atoms with Gasteiger partial charge in [-0.1, -0.05) is 13.8 Å². The summed E-state index contributed by atoms with van der Waals surface area (Å²) in [6.45, 7) is 6.74. The lowest BCUT2D eigenvalue weighted by Crippen LogP contribution is -2.46. The van der Waals surface area contributed by atoms with Crippen LogP contribution in [0, 0.1) is 11.8 Å². The third-order valence-corrected chi connectivity index (χ3v) is 3.94. The average Bonchev–Trinajstić information content (AvgIpc) is 3.21. The summed E-state index contributed by atoms with van der Waals surface area (Å²) in [6.07, 6.45) is 3.55. The van der Waals surface area contributed by atoms with Crippen LogP contribution < -0.4 is 5.32 Å². The summed E-state index contributed by atoms with van der Waals surface area (Å²) >= 11 is 0.